The zero-order valence-corrected chi connectivity index (χ0v) is 13.6. The summed E-state index contributed by atoms with van der Waals surface area (Å²) in [6, 6.07) is 2.37. The highest BCUT2D eigenvalue weighted by Gasteiger charge is 2.21. The second kappa shape index (κ2) is 7.97. The topological polar surface area (TPSA) is 104 Å². The number of fused-ring (bicyclic) bond motifs is 1. The summed E-state index contributed by atoms with van der Waals surface area (Å²) in [4.78, 5) is 24.1. The van der Waals surface area contributed by atoms with Gasteiger partial charge in [0.05, 0.1) is 12.2 Å². The summed E-state index contributed by atoms with van der Waals surface area (Å²) in [5, 5.41) is 29.6. The van der Waals surface area contributed by atoms with E-state index in [9.17, 15) is 24.9 Å². The molecule has 6 heteroatoms. The molecule has 24 heavy (non-hydrogen) atoms. The van der Waals surface area contributed by atoms with Crippen molar-refractivity contribution in [3.63, 3.8) is 0 Å². The highest BCUT2D eigenvalue weighted by atomic mass is 16.5. The molecule has 1 heterocycles. The summed E-state index contributed by atoms with van der Waals surface area (Å²) < 4.78 is 5.32. The molecule has 0 bridgehead atoms. The number of carbonyl (C=O) groups is 2. The summed E-state index contributed by atoms with van der Waals surface area (Å²) in [6.45, 7) is 1.73. The monoisotopic (exact) mass is 334 g/mol. The van der Waals surface area contributed by atoms with Crippen LogP contribution in [-0.2, 0) is 9.53 Å². The quantitative estimate of drug-likeness (QED) is 0.630. The van der Waals surface area contributed by atoms with Gasteiger partial charge in [-0.15, -0.1) is 0 Å². The maximum absolute atomic E-state index is 12.3. The Hall–Kier alpha value is -2.34. The lowest BCUT2D eigenvalue weighted by molar-refractivity contribution is -0.119. The lowest BCUT2D eigenvalue weighted by atomic mass is 10.0. The van der Waals surface area contributed by atoms with Gasteiger partial charge in [0.2, 0.25) is 0 Å². The molecular formula is C18H22O6. The maximum atomic E-state index is 12.3. The summed E-state index contributed by atoms with van der Waals surface area (Å²) in [6.07, 6.45) is 3.67. The summed E-state index contributed by atoms with van der Waals surface area (Å²) in [5.74, 6) is -1.24. The molecule has 0 unspecified atom stereocenters. The minimum Gasteiger partial charge on any atom is -0.508 e. The van der Waals surface area contributed by atoms with E-state index in [0.29, 0.717) is 19.3 Å². The number of aliphatic hydroxyl groups excluding tert-OH is 1. The molecule has 0 amide bonds. The molecule has 130 valence electrons. The zero-order chi connectivity index (χ0) is 17.7. The standard InChI is InChI=1S/C18H22O6/c1-11-3-2-4-13(19)7-8-14(20)6-5-12-9-15(21)10-16(22)17(12)18(23)24-11/h5-6,9-11,14,20-22H,2-4,7-8H2,1H3/b6-5+/t11-,14+/m0/s1. The van der Waals surface area contributed by atoms with Crippen LogP contribution in [0.4, 0.5) is 0 Å². The second-order valence-corrected chi connectivity index (χ2v) is 6.04. The first-order valence-electron chi connectivity index (χ1n) is 8.01. The third kappa shape index (κ3) is 4.83. The van der Waals surface area contributed by atoms with Gasteiger partial charge < -0.3 is 20.1 Å². The number of aromatic hydroxyl groups is 2. The average molecular weight is 334 g/mol. The third-order valence-electron chi connectivity index (χ3n) is 3.93. The number of benzene rings is 1. The molecule has 6 nitrogen and oxygen atoms in total. The summed E-state index contributed by atoms with van der Waals surface area (Å²) in [7, 11) is 0. The average Bonchev–Trinajstić information content (AvgIpc) is 2.49. The second-order valence-electron chi connectivity index (χ2n) is 6.04. The van der Waals surface area contributed by atoms with Gasteiger partial charge in [-0.25, -0.2) is 4.79 Å². The fourth-order valence-corrected chi connectivity index (χ4v) is 2.62. The van der Waals surface area contributed by atoms with Crippen molar-refractivity contribution in [1.29, 1.82) is 0 Å². The molecule has 2 atom stereocenters. The minimum atomic E-state index is -0.857. The van der Waals surface area contributed by atoms with E-state index in [1.54, 1.807) is 6.92 Å². The Labute approximate surface area is 140 Å². The number of hydrogen-bond acceptors (Lipinski definition) is 6. The number of cyclic esters (lactones) is 1. The van der Waals surface area contributed by atoms with Crippen LogP contribution in [0.2, 0.25) is 0 Å². The SMILES string of the molecule is C[C@H]1CCCC(=O)CC[C@H](O)/C=C/c2cc(O)cc(O)c2C(=O)O1. The summed E-state index contributed by atoms with van der Waals surface area (Å²) >= 11 is 0. The number of ether oxygens (including phenoxy) is 1. The Morgan fingerprint density at radius 3 is 2.62 bits per heavy atom. The molecule has 0 spiro atoms. The van der Waals surface area contributed by atoms with Crippen LogP contribution < -0.4 is 0 Å². The molecule has 1 aromatic rings. The van der Waals surface area contributed by atoms with Crippen LogP contribution in [0.1, 0.15) is 54.9 Å². The molecule has 0 saturated carbocycles. The fraction of sp³-hybridized carbons (Fsp3) is 0.444. The molecule has 1 aromatic carbocycles. The van der Waals surface area contributed by atoms with E-state index in [1.165, 1.54) is 18.2 Å². The van der Waals surface area contributed by atoms with E-state index >= 15 is 0 Å². The Morgan fingerprint density at radius 1 is 1.12 bits per heavy atom. The molecule has 1 aliphatic rings. The highest BCUT2D eigenvalue weighted by molar-refractivity contribution is 5.97. The Morgan fingerprint density at radius 2 is 1.88 bits per heavy atom. The van der Waals surface area contributed by atoms with E-state index < -0.39 is 18.2 Å². The predicted molar refractivity (Wildman–Crippen MR) is 87.8 cm³/mol. The number of phenolic OH excluding ortho intramolecular Hbond substituents is 2. The lowest BCUT2D eigenvalue weighted by Crippen LogP contribution is -2.17. The molecule has 2 rings (SSSR count). The van der Waals surface area contributed by atoms with Gasteiger partial charge in [-0.3, -0.25) is 4.79 Å². The molecular weight excluding hydrogens is 312 g/mol. The summed E-state index contributed by atoms with van der Waals surface area (Å²) in [5.41, 5.74) is 0.184. The number of esters is 1. The molecule has 0 saturated heterocycles. The van der Waals surface area contributed by atoms with E-state index in [1.807, 2.05) is 0 Å². The van der Waals surface area contributed by atoms with Gasteiger partial charge in [-0.05, 0) is 37.8 Å². The first-order chi connectivity index (χ1) is 11.4. The third-order valence-corrected chi connectivity index (χ3v) is 3.93. The molecule has 0 aliphatic carbocycles. The van der Waals surface area contributed by atoms with Crippen molar-refractivity contribution in [2.75, 3.05) is 0 Å². The van der Waals surface area contributed by atoms with E-state index in [2.05, 4.69) is 0 Å². The van der Waals surface area contributed by atoms with Crippen LogP contribution in [0, 0.1) is 0 Å². The van der Waals surface area contributed by atoms with Crippen LogP contribution >= 0.6 is 0 Å². The first-order valence-corrected chi connectivity index (χ1v) is 8.01. The predicted octanol–water partition coefficient (Wildman–Crippen LogP) is 2.55. The molecule has 0 aromatic heterocycles. The number of Topliss-reactive ketones (excluding diaryl/α,β-unsaturated/α-hetero) is 1. The smallest absolute Gasteiger partial charge is 0.342 e. The van der Waals surface area contributed by atoms with Crippen LogP contribution in [0.3, 0.4) is 0 Å². The Bertz CT molecular complexity index is 649. The van der Waals surface area contributed by atoms with Crippen molar-refractivity contribution in [1.82, 2.24) is 0 Å². The van der Waals surface area contributed by atoms with Gasteiger partial charge in [0.1, 0.15) is 22.8 Å². The van der Waals surface area contributed by atoms with Gasteiger partial charge >= 0.3 is 5.97 Å². The zero-order valence-electron chi connectivity index (χ0n) is 13.6. The molecule has 0 fully saturated rings. The van der Waals surface area contributed by atoms with Crippen LogP contribution in [0.25, 0.3) is 6.08 Å². The lowest BCUT2D eigenvalue weighted by Gasteiger charge is -2.16. The fourth-order valence-electron chi connectivity index (χ4n) is 2.62. The van der Waals surface area contributed by atoms with Gasteiger partial charge in [-0.2, -0.15) is 0 Å². The number of phenols is 2. The molecule has 1 aliphatic heterocycles. The Kier molecular flexibility index (Phi) is 5.98. The first kappa shape index (κ1) is 18.0. The van der Waals surface area contributed by atoms with Gasteiger partial charge in [0.15, 0.2) is 0 Å². The number of carbonyl (C=O) groups excluding carboxylic acids is 2. The van der Waals surface area contributed by atoms with E-state index in [4.69, 9.17) is 4.74 Å². The van der Waals surface area contributed by atoms with Crippen molar-refractivity contribution in [3.8, 4) is 11.5 Å². The van der Waals surface area contributed by atoms with Gasteiger partial charge in [-0.1, -0.05) is 12.2 Å². The number of aliphatic hydroxyl groups is 1. The molecule has 0 radical (unpaired) electrons. The van der Waals surface area contributed by atoms with Crippen molar-refractivity contribution < 1.29 is 29.6 Å². The van der Waals surface area contributed by atoms with E-state index in [0.717, 1.165) is 6.07 Å². The van der Waals surface area contributed by atoms with Crippen LogP contribution in [0.5, 0.6) is 11.5 Å². The van der Waals surface area contributed by atoms with Crippen molar-refractivity contribution in [2.24, 2.45) is 0 Å². The van der Waals surface area contributed by atoms with Crippen molar-refractivity contribution in [3.05, 3.63) is 29.3 Å². The highest BCUT2D eigenvalue weighted by Crippen LogP contribution is 2.30. The van der Waals surface area contributed by atoms with Crippen LogP contribution in [-0.4, -0.2) is 39.3 Å². The van der Waals surface area contributed by atoms with E-state index in [-0.39, 0.29) is 41.3 Å². The number of rotatable bonds is 0. The van der Waals surface area contributed by atoms with Crippen LogP contribution in [0.15, 0.2) is 18.2 Å². The maximum Gasteiger partial charge on any atom is 0.342 e. The molecule has 3 N–H and O–H groups in total. The number of hydrogen-bond donors (Lipinski definition) is 3. The Balaban J connectivity index is 2.37. The van der Waals surface area contributed by atoms with Crippen molar-refractivity contribution in [2.45, 2.75) is 51.2 Å². The normalized spacial score (nSPS) is 24.6. The largest absolute Gasteiger partial charge is 0.508 e. The number of ketones is 1. The van der Waals surface area contributed by atoms with Crippen molar-refractivity contribution >= 4 is 17.8 Å². The van der Waals surface area contributed by atoms with Gasteiger partial charge in [0, 0.05) is 18.9 Å². The van der Waals surface area contributed by atoms with Gasteiger partial charge in [0.25, 0.3) is 0 Å². The minimum absolute atomic E-state index is 0.0590.